The lowest BCUT2D eigenvalue weighted by atomic mass is 10.1. The number of aromatic nitrogens is 2. The molecule has 0 spiro atoms. The number of benzene rings is 1. The van der Waals surface area contributed by atoms with Crippen LogP contribution in [0.5, 0.6) is 0 Å². The first-order valence-corrected chi connectivity index (χ1v) is 5.58. The lowest BCUT2D eigenvalue weighted by molar-refractivity contribution is 0.618. The quantitative estimate of drug-likeness (QED) is 0.855. The third-order valence-electron chi connectivity index (χ3n) is 2.91. The monoisotopic (exact) mass is 233 g/mol. The van der Waals surface area contributed by atoms with Gasteiger partial charge in [0.25, 0.3) is 0 Å². The van der Waals surface area contributed by atoms with Crippen LogP contribution in [0.15, 0.2) is 18.2 Å². The number of nitrogens with zero attached hydrogens (tertiary/aromatic N) is 1. The van der Waals surface area contributed by atoms with Gasteiger partial charge < -0.3 is 5.32 Å². The lowest BCUT2D eigenvalue weighted by Crippen LogP contribution is -2.02. The predicted molar refractivity (Wildman–Crippen MR) is 66.5 cm³/mol. The van der Waals surface area contributed by atoms with Crippen LogP contribution in [0, 0.1) is 26.6 Å². The topological polar surface area (TPSA) is 40.7 Å². The predicted octanol–water partition coefficient (Wildman–Crippen LogP) is 3.09. The molecule has 0 unspecified atom stereocenters. The van der Waals surface area contributed by atoms with Crippen LogP contribution in [0.4, 0.5) is 10.1 Å². The minimum absolute atomic E-state index is 0.175. The number of halogens is 1. The second-order valence-corrected chi connectivity index (χ2v) is 4.23. The molecule has 17 heavy (non-hydrogen) atoms. The van der Waals surface area contributed by atoms with Crippen LogP contribution >= 0.6 is 0 Å². The number of rotatable bonds is 3. The van der Waals surface area contributed by atoms with Gasteiger partial charge in [0.1, 0.15) is 5.82 Å². The molecule has 1 heterocycles. The number of aromatic amines is 1. The third-order valence-corrected chi connectivity index (χ3v) is 2.91. The highest BCUT2D eigenvalue weighted by Crippen LogP contribution is 2.16. The Bertz CT molecular complexity index is 512. The Morgan fingerprint density at radius 1 is 1.29 bits per heavy atom. The summed E-state index contributed by atoms with van der Waals surface area (Å²) in [6.45, 7) is 6.41. The summed E-state index contributed by atoms with van der Waals surface area (Å²) in [4.78, 5) is 0. The first-order chi connectivity index (χ1) is 8.08. The maximum absolute atomic E-state index is 13.1. The minimum Gasteiger partial charge on any atom is -0.381 e. The zero-order valence-electron chi connectivity index (χ0n) is 10.3. The third kappa shape index (κ3) is 2.46. The lowest BCUT2D eigenvalue weighted by Gasteiger charge is -2.07. The van der Waals surface area contributed by atoms with E-state index in [9.17, 15) is 4.39 Å². The minimum atomic E-state index is -0.175. The van der Waals surface area contributed by atoms with E-state index < -0.39 is 0 Å². The van der Waals surface area contributed by atoms with Gasteiger partial charge in [-0.15, -0.1) is 0 Å². The molecule has 90 valence electrons. The van der Waals surface area contributed by atoms with Gasteiger partial charge in [-0.3, -0.25) is 5.10 Å². The Labute approximate surface area is 100 Å². The summed E-state index contributed by atoms with van der Waals surface area (Å²) in [5, 5.41) is 10.3. The molecule has 1 aromatic heterocycles. The van der Waals surface area contributed by atoms with Crippen LogP contribution in [0.1, 0.15) is 22.5 Å². The molecule has 2 aromatic rings. The van der Waals surface area contributed by atoms with E-state index in [1.165, 1.54) is 6.07 Å². The fourth-order valence-electron chi connectivity index (χ4n) is 1.78. The van der Waals surface area contributed by atoms with Crippen LogP contribution in [-0.4, -0.2) is 10.2 Å². The molecule has 3 nitrogen and oxygen atoms in total. The van der Waals surface area contributed by atoms with Crippen LogP contribution in [0.3, 0.4) is 0 Å². The summed E-state index contributed by atoms with van der Waals surface area (Å²) in [5.41, 5.74) is 4.79. The molecule has 0 atom stereocenters. The first kappa shape index (κ1) is 11.6. The van der Waals surface area contributed by atoms with Crippen molar-refractivity contribution in [3.8, 4) is 0 Å². The molecule has 2 N–H and O–H groups in total. The molecule has 0 amide bonds. The van der Waals surface area contributed by atoms with E-state index in [1.54, 1.807) is 19.1 Å². The van der Waals surface area contributed by atoms with Crippen molar-refractivity contribution in [2.24, 2.45) is 0 Å². The van der Waals surface area contributed by atoms with E-state index in [-0.39, 0.29) is 5.82 Å². The molecule has 0 aliphatic rings. The second-order valence-electron chi connectivity index (χ2n) is 4.23. The molecule has 0 saturated heterocycles. The molecule has 0 saturated carbocycles. The molecule has 0 bridgehead atoms. The van der Waals surface area contributed by atoms with Gasteiger partial charge in [-0.1, -0.05) is 0 Å². The molecule has 1 aromatic carbocycles. The van der Waals surface area contributed by atoms with Gasteiger partial charge in [0.15, 0.2) is 0 Å². The highest BCUT2D eigenvalue weighted by atomic mass is 19.1. The van der Waals surface area contributed by atoms with E-state index >= 15 is 0 Å². The van der Waals surface area contributed by atoms with Crippen molar-refractivity contribution in [3.05, 3.63) is 46.5 Å². The van der Waals surface area contributed by atoms with Crippen molar-refractivity contribution in [1.29, 1.82) is 0 Å². The Balaban J connectivity index is 2.10. The van der Waals surface area contributed by atoms with E-state index in [2.05, 4.69) is 15.5 Å². The Morgan fingerprint density at radius 2 is 2.06 bits per heavy atom. The summed E-state index contributed by atoms with van der Waals surface area (Å²) in [6, 6.07) is 5.03. The van der Waals surface area contributed by atoms with Crippen molar-refractivity contribution in [3.63, 3.8) is 0 Å². The van der Waals surface area contributed by atoms with Crippen LogP contribution in [0.2, 0.25) is 0 Å². The number of nitrogens with one attached hydrogen (secondary N) is 2. The number of aryl methyl sites for hydroxylation is 3. The Hall–Kier alpha value is -1.84. The molecular formula is C13H16FN3. The highest BCUT2D eigenvalue weighted by Gasteiger charge is 2.06. The van der Waals surface area contributed by atoms with E-state index in [4.69, 9.17) is 0 Å². The molecule has 0 aliphatic carbocycles. The smallest absolute Gasteiger partial charge is 0.126 e. The molecule has 0 fully saturated rings. The van der Waals surface area contributed by atoms with Gasteiger partial charge in [-0.25, -0.2) is 4.39 Å². The summed E-state index contributed by atoms with van der Waals surface area (Å²) in [7, 11) is 0. The summed E-state index contributed by atoms with van der Waals surface area (Å²) in [5.74, 6) is -0.175. The van der Waals surface area contributed by atoms with E-state index in [0.29, 0.717) is 12.1 Å². The summed E-state index contributed by atoms with van der Waals surface area (Å²) in [6.07, 6.45) is 0. The van der Waals surface area contributed by atoms with Crippen molar-refractivity contribution in [1.82, 2.24) is 10.2 Å². The summed E-state index contributed by atoms with van der Waals surface area (Å²) >= 11 is 0. The molecule has 0 aliphatic heterocycles. The molecule has 2 rings (SSSR count). The van der Waals surface area contributed by atoms with Gasteiger partial charge in [0.05, 0.1) is 5.69 Å². The fraction of sp³-hybridized carbons (Fsp3) is 0.308. The zero-order chi connectivity index (χ0) is 12.4. The van der Waals surface area contributed by atoms with Crippen molar-refractivity contribution < 1.29 is 4.39 Å². The van der Waals surface area contributed by atoms with Crippen LogP contribution in [0.25, 0.3) is 0 Å². The normalized spacial score (nSPS) is 10.6. The van der Waals surface area contributed by atoms with Crippen molar-refractivity contribution in [2.75, 3.05) is 5.32 Å². The van der Waals surface area contributed by atoms with Crippen LogP contribution in [-0.2, 0) is 6.54 Å². The standard InChI is InChI=1S/C13H16FN3/c1-8-6-11(4-5-13(8)14)15-7-12-9(2)16-17-10(12)3/h4-6,15H,7H2,1-3H3,(H,16,17). The highest BCUT2D eigenvalue weighted by molar-refractivity contribution is 5.46. The molecular weight excluding hydrogens is 217 g/mol. The second kappa shape index (κ2) is 4.57. The maximum Gasteiger partial charge on any atom is 0.126 e. The molecule has 0 radical (unpaired) electrons. The number of anilines is 1. The zero-order valence-corrected chi connectivity index (χ0v) is 10.3. The maximum atomic E-state index is 13.1. The number of H-pyrrole nitrogens is 1. The van der Waals surface area contributed by atoms with Gasteiger partial charge in [0, 0.05) is 23.5 Å². The van der Waals surface area contributed by atoms with E-state index in [1.807, 2.05) is 13.8 Å². The number of hydrogen-bond donors (Lipinski definition) is 2. The van der Waals surface area contributed by atoms with Gasteiger partial charge in [0.2, 0.25) is 0 Å². The largest absolute Gasteiger partial charge is 0.381 e. The van der Waals surface area contributed by atoms with Gasteiger partial charge >= 0.3 is 0 Å². The first-order valence-electron chi connectivity index (χ1n) is 5.58. The van der Waals surface area contributed by atoms with Crippen molar-refractivity contribution in [2.45, 2.75) is 27.3 Å². The van der Waals surface area contributed by atoms with Crippen LogP contribution < -0.4 is 5.32 Å². The SMILES string of the molecule is Cc1cc(NCc2c(C)n[nH]c2C)ccc1F. The average Bonchev–Trinajstić information content (AvgIpc) is 2.61. The fourth-order valence-corrected chi connectivity index (χ4v) is 1.78. The average molecular weight is 233 g/mol. The van der Waals surface area contributed by atoms with E-state index in [0.717, 1.165) is 22.6 Å². The van der Waals surface area contributed by atoms with Gasteiger partial charge in [-0.05, 0) is 44.5 Å². The Kier molecular flexibility index (Phi) is 3.13. The van der Waals surface area contributed by atoms with Gasteiger partial charge in [-0.2, -0.15) is 5.10 Å². The van der Waals surface area contributed by atoms with Crippen molar-refractivity contribution >= 4 is 5.69 Å². The summed E-state index contributed by atoms with van der Waals surface area (Å²) < 4.78 is 13.1. The number of hydrogen-bond acceptors (Lipinski definition) is 2. The molecule has 4 heteroatoms. The Morgan fingerprint density at radius 3 is 2.65 bits per heavy atom.